The summed E-state index contributed by atoms with van der Waals surface area (Å²) in [5.41, 5.74) is -0.454. The number of halogens is 5. The zero-order chi connectivity index (χ0) is 25.7. The van der Waals surface area contributed by atoms with Crippen molar-refractivity contribution in [3.63, 3.8) is 0 Å². The first-order valence-corrected chi connectivity index (χ1v) is 11.5. The second kappa shape index (κ2) is 8.91. The van der Waals surface area contributed by atoms with Crippen LogP contribution in [0.1, 0.15) is 32.1 Å². The predicted molar refractivity (Wildman–Crippen MR) is 110 cm³/mol. The van der Waals surface area contributed by atoms with Crippen LogP contribution in [-0.2, 0) is 14.3 Å². The molecule has 0 spiro atoms. The number of piperidine rings is 1. The van der Waals surface area contributed by atoms with Crippen molar-refractivity contribution in [3.8, 4) is 17.2 Å². The van der Waals surface area contributed by atoms with Gasteiger partial charge in [-0.25, -0.2) is 0 Å². The third-order valence-corrected chi connectivity index (χ3v) is 6.95. The zero-order valence-corrected chi connectivity index (χ0v) is 18.8. The number of alkyl halides is 5. The Balaban J connectivity index is 1.05. The molecule has 198 valence electrons. The van der Waals surface area contributed by atoms with Crippen LogP contribution in [0.3, 0.4) is 0 Å². The minimum Gasteiger partial charge on any atom is -0.484 e. The first kappa shape index (κ1) is 24.8. The van der Waals surface area contributed by atoms with Crippen LogP contribution in [0.5, 0.6) is 17.2 Å². The first-order chi connectivity index (χ1) is 16.9. The van der Waals surface area contributed by atoms with Crippen molar-refractivity contribution in [3.05, 3.63) is 18.2 Å². The van der Waals surface area contributed by atoms with Crippen LogP contribution < -0.4 is 30.2 Å². The molecule has 2 bridgehead atoms. The van der Waals surface area contributed by atoms with Gasteiger partial charge in [-0.2, -0.15) is 0 Å². The van der Waals surface area contributed by atoms with Gasteiger partial charge in [0.15, 0.2) is 18.1 Å². The zero-order valence-electron chi connectivity index (χ0n) is 18.8. The van der Waals surface area contributed by atoms with Crippen molar-refractivity contribution < 1.29 is 50.5 Å². The van der Waals surface area contributed by atoms with Crippen LogP contribution in [0, 0.1) is 5.92 Å². The molecule has 36 heavy (non-hydrogen) atoms. The van der Waals surface area contributed by atoms with E-state index in [2.05, 4.69) is 30.2 Å². The summed E-state index contributed by atoms with van der Waals surface area (Å²) in [4.78, 5) is 25.1. The van der Waals surface area contributed by atoms with Gasteiger partial charge in [0.2, 0.25) is 5.91 Å². The number of hydrogen-bond acceptors (Lipinski definition) is 7. The van der Waals surface area contributed by atoms with Gasteiger partial charge in [-0.1, -0.05) is 0 Å². The quantitative estimate of drug-likeness (QED) is 0.473. The highest BCUT2D eigenvalue weighted by atomic mass is 19.4. The van der Waals surface area contributed by atoms with Gasteiger partial charge in [0.05, 0.1) is 12.1 Å². The summed E-state index contributed by atoms with van der Waals surface area (Å²) in [7, 11) is 0. The van der Waals surface area contributed by atoms with Crippen molar-refractivity contribution in [2.45, 2.75) is 68.5 Å². The maximum atomic E-state index is 13.1. The summed E-state index contributed by atoms with van der Waals surface area (Å²) >= 11 is 0. The van der Waals surface area contributed by atoms with E-state index >= 15 is 0 Å². The lowest BCUT2D eigenvalue weighted by Gasteiger charge is -2.40. The number of ether oxygens (including phenoxy) is 4. The highest BCUT2D eigenvalue weighted by molar-refractivity contribution is 5.83. The molecule has 6 rings (SSSR count). The third kappa shape index (κ3) is 5.43. The Labute approximate surface area is 202 Å². The number of fused-ring (bicyclic) bond motifs is 2. The summed E-state index contributed by atoms with van der Waals surface area (Å²) in [6, 6.07) is 3.07. The Morgan fingerprint density at radius 3 is 2.56 bits per heavy atom. The lowest BCUT2D eigenvalue weighted by atomic mass is 9.76. The summed E-state index contributed by atoms with van der Waals surface area (Å²) in [5, 5.41) is 8.71. The molecule has 0 radical (unpaired) electrons. The molecule has 2 aliphatic heterocycles. The standard InChI is InChI=1S/C22H24F5N3O6/c23-21(24,25)34-13-1-3-14(28-9-13)19(32)30-20-6-11(7-20)15(8-20)29-18(31)10-33-12-2-4-16-17(5-12)36-22(26,27)35-16/h2,4-5,11,13-15,28H,1,3,6-10H2,(H,29,31)(H,30,32)/t11?,13?,14?,15-,20?/m0/s1. The predicted octanol–water partition coefficient (Wildman–Crippen LogP) is 2.20. The molecule has 4 fully saturated rings. The van der Waals surface area contributed by atoms with Crippen LogP contribution in [-0.4, -0.2) is 61.3 Å². The molecule has 2 heterocycles. The van der Waals surface area contributed by atoms with Gasteiger partial charge in [0, 0.05) is 24.2 Å². The monoisotopic (exact) mass is 521 g/mol. The lowest BCUT2D eigenvalue weighted by Crippen LogP contribution is -2.59. The number of hydrogen-bond donors (Lipinski definition) is 3. The maximum absolute atomic E-state index is 13.1. The summed E-state index contributed by atoms with van der Waals surface area (Å²) in [5.74, 6) is -0.654. The van der Waals surface area contributed by atoms with Gasteiger partial charge in [-0.05, 0) is 50.2 Å². The molecule has 3 atom stereocenters. The van der Waals surface area contributed by atoms with Crippen molar-refractivity contribution >= 4 is 11.8 Å². The Kier molecular flexibility index (Phi) is 6.14. The Morgan fingerprint density at radius 1 is 1.11 bits per heavy atom. The number of nitrogens with one attached hydrogen (secondary N) is 3. The lowest BCUT2D eigenvalue weighted by molar-refractivity contribution is -0.343. The van der Waals surface area contributed by atoms with Crippen molar-refractivity contribution in [2.24, 2.45) is 5.92 Å². The second-order valence-corrected chi connectivity index (χ2v) is 9.60. The van der Waals surface area contributed by atoms with Crippen LogP contribution >= 0.6 is 0 Å². The molecule has 1 aromatic rings. The van der Waals surface area contributed by atoms with E-state index in [-0.39, 0.29) is 61.1 Å². The molecule has 14 heteroatoms. The molecule has 5 aliphatic rings. The molecular formula is C22H24F5N3O6. The molecule has 3 aliphatic carbocycles. The van der Waals surface area contributed by atoms with Crippen molar-refractivity contribution in [2.75, 3.05) is 13.2 Å². The van der Waals surface area contributed by atoms with Gasteiger partial charge in [-0.3, -0.25) is 14.3 Å². The molecule has 3 saturated carbocycles. The van der Waals surface area contributed by atoms with E-state index in [1.54, 1.807) is 0 Å². The van der Waals surface area contributed by atoms with E-state index < -0.39 is 36.2 Å². The first-order valence-electron chi connectivity index (χ1n) is 11.5. The van der Waals surface area contributed by atoms with E-state index in [1.807, 2.05) is 0 Å². The number of rotatable bonds is 7. The van der Waals surface area contributed by atoms with Gasteiger partial charge < -0.3 is 30.2 Å². The largest absolute Gasteiger partial charge is 0.586 e. The minimum absolute atomic E-state index is 0.0717. The number of carbonyl (C=O) groups excluding carboxylic acids is 2. The Hall–Kier alpha value is -2.87. The molecule has 2 unspecified atom stereocenters. The minimum atomic E-state index is -4.71. The SMILES string of the molecule is O=C(COc1ccc2c(c1)OC(F)(F)O2)N[C@H]1CC2(NC(=O)C3CCC(OC(F)(F)F)CN3)CC1C2. The number of carbonyl (C=O) groups is 2. The molecule has 0 aromatic heterocycles. The molecule has 9 nitrogen and oxygen atoms in total. The molecular weight excluding hydrogens is 497 g/mol. The van der Waals surface area contributed by atoms with Gasteiger partial charge in [0.25, 0.3) is 5.91 Å². The van der Waals surface area contributed by atoms with Crippen LogP contribution in [0.4, 0.5) is 22.0 Å². The molecule has 3 N–H and O–H groups in total. The summed E-state index contributed by atoms with van der Waals surface area (Å²) in [6.07, 6.45) is -7.23. The second-order valence-electron chi connectivity index (χ2n) is 9.60. The third-order valence-electron chi connectivity index (χ3n) is 6.95. The highest BCUT2D eigenvalue weighted by Gasteiger charge is 2.57. The average molecular weight is 521 g/mol. The topological polar surface area (TPSA) is 107 Å². The van der Waals surface area contributed by atoms with E-state index in [0.717, 1.165) is 0 Å². The number of benzene rings is 1. The fourth-order valence-electron chi connectivity index (χ4n) is 5.41. The molecule has 2 amide bonds. The van der Waals surface area contributed by atoms with E-state index in [4.69, 9.17) is 4.74 Å². The molecule has 1 aromatic carbocycles. The number of amides is 2. The summed E-state index contributed by atoms with van der Waals surface area (Å²) < 4.78 is 81.3. The normalized spacial score (nSPS) is 31.9. The summed E-state index contributed by atoms with van der Waals surface area (Å²) in [6.45, 7) is -0.413. The average Bonchev–Trinajstić information content (AvgIpc) is 3.37. The van der Waals surface area contributed by atoms with Crippen LogP contribution in [0.15, 0.2) is 18.2 Å². The van der Waals surface area contributed by atoms with E-state index in [0.29, 0.717) is 19.3 Å². The van der Waals surface area contributed by atoms with Crippen molar-refractivity contribution in [1.29, 1.82) is 0 Å². The van der Waals surface area contributed by atoms with E-state index in [9.17, 15) is 31.5 Å². The van der Waals surface area contributed by atoms with Crippen LogP contribution in [0.2, 0.25) is 0 Å². The fraction of sp³-hybridized carbons (Fsp3) is 0.636. The molecule has 1 saturated heterocycles. The smallest absolute Gasteiger partial charge is 0.484 e. The maximum Gasteiger partial charge on any atom is 0.586 e. The van der Waals surface area contributed by atoms with Crippen LogP contribution in [0.25, 0.3) is 0 Å². The fourth-order valence-corrected chi connectivity index (χ4v) is 5.41. The highest BCUT2D eigenvalue weighted by Crippen LogP contribution is 2.52. The van der Waals surface area contributed by atoms with Crippen molar-refractivity contribution in [1.82, 2.24) is 16.0 Å². The van der Waals surface area contributed by atoms with Gasteiger partial charge in [0.1, 0.15) is 5.75 Å². The van der Waals surface area contributed by atoms with E-state index in [1.165, 1.54) is 18.2 Å². The Morgan fingerprint density at radius 2 is 1.86 bits per heavy atom. The Bertz CT molecular complexity index is 1020. The van der Waals surface area contributed by atoms with Gasteiger partial charge in [-0.15, -0.1) is 22.0 Å². The van der Waals surface area contributed by atoms with Gasteiger partial charge >= 0.3 is 12.7 Å².